The molecule has 4 bridgehead atoms. The second-order valence-electron chi connectivity index (χ2n) is 8.28. The van der Waals surface area contributed by atoms with Crippen molar-refractivity contribution in [1.82, 2.24) is 0 Å². The van der Waals surface area contributed by atoms with Crippen LogP contribution in [0.5, 0.6) is 5.75 Å². The molecule has 25 heavy (non-hydrogen) atoms. The van der Waals surface area contributed by atoms with Crippen molar-refractivity contribution in [2.45, 2.75) is 62.4 Å². The summed E-state index contributed by atoms with van der Waals surface area (Å²) >= 11 is 1.95. The van der Waals surface area contributed by atoms with Gasteiger partial charge in [-0.1, -0.05) is 12.1 Å². The van der Waals surface area contributed by atoms with E-state index in [1.807, 2.05) is 43.0 Å². The molecule has 1 amide bonds. The Kier molecular flexibility index (Phi) is 4.74. The topological polar surface area (TPSA) is 38.3 Å². The minimum atomic E-state index is -0.0223. The van der Waals surface area contributed by atoms with Crippen molar-refractivity contribution in [3.8, 4) is 5.75 Å². The number of amides is 1. The van der Waals surface area contributed by atoms with Crippen LogP contribution in [0.1, 0.15) is 52.4 Å². The molecule has 0 heterocycles. The molecule has 3 nitrogen and oxygen atoms in total. The molecule has 1 atom stereocenters. The molecule has 0 aromatic heterocycles. The molecule has 1 N–H and O–H groups in total. The minimum absolute atomic E-state index is 0.0223. The van der Waals surface area contributed by atoms with Gasteiger partial charge in [-0.25, -0.2) is 0 Å². The molecular formula is C21H29NO2S. The predicted octanol–water partition coefficient (Wildman–Crippen LogP) is 5.11. The second kappa shape index (κ2) is 6.86. The molecule has 4 heteroatoms. The van der Waals surface area contributed by atoms with E-state index in [2.05, 4.69) is 12.2 Å². The van der Waals surface area contributed by atoms with Crippen molar-refractivity contribution in [3.05, 3.63) is 24.3 Å². The average Bonchev–Trinajstić information content (AvgIpc) is 2.55. The van der Waals surface area contributed by atoms with E-state index in [1.54, 1.807) is 0 Å². The third-order valence-corrected chi connectivity index (χ3v) is 7.79. The second-order valence-corrected chi connectivity index (χ2v) is 10.1. The number of carbonyl (C=O) groups is 1. The van der Waals surface area contributed by atoms with Crippen molar-refractivity contribution in [3.63, 3.8) is 0 Å². The van der Waals surface area contributed by atoms with Crippen LogP contribution in [-0.4, -0.2) is 22.5 Å². The first-order valence-corrected chi connectivity index (χ1v) is 10.7. The Morgan fingerprint density at radius 3 is 2.40 bits per heavy atom. The molecular weight excluding hydrogens is 330 g/mol. The van der Waals surface area contributed by atoms with Gasteiger partial charge in [-0.15, -0.1) is 11.8 Å². The highest BCUT2D eigenvalue weighted by Gasteiger charge is 2.52. The van der Waals surface area contributed by atoms with E-state index >= 15 is 0 Å². The summed E-state index contributed by atoms with van der Waals surface area (Å²) in [5.41, 5.74) is 0.785. The number of nitrogens with one attached hydrogen (secondary N) is 1. The van der Waals surface area contributed by atoms with Gasteiger partial charge in [0, 0.05) is 4.75 Å². The Morgan fingerprint density at radius 2 is 1.80 bits per heavy atom. The summed E-state index contributed by atoms with van der Waals surface area (Å²) in [4.78, 5) is 12.8. The van der Waals surface area contributed by atoms with Crippen molar-refractivity contribution in [2.24, 2.45) is 17.8 Å². The summed E-state index contributed by atoms with van der Waals surface area (Å²) in [7, 11) is 0. The molecule has 136 valence electrons. The summed E-state index contributed by atoms with van der Waals surface area (Å²) in [6.45, 7) is 4.64. The highest BCUT2D eigenvalue weighted by Crippen LogP contribution is 2.61. The number of anilines is 1. The van der Waals surface area contributed by atoms with Crippen LogP contribution in [0.4, 0.5) is 5.69 Å². The van der Waals surface area contributed by atoms with Gasteiger partial charge in [0.1, 0.15) is 5.75 Å². The van der Waals surface area contributed by atoms with Gasteiger partial charge >= 0.3 is 0 Å². The molecule has 0 spiro atoms. The average molecular weight is 360 g/mol. The Bertz CT molecular complexity index is 609. The van der Waals surface area contributed by atoms with Gasteiger partial charge in [0.2, 0.25) is 5.91 Å². The zero-order valence-electron chi connectivity index (χ0n) is 15.3. The van der Waals surface area contributed by atoms with E-state index in [4.69, 9.17) is 4.74 Å². The highest BCUT2D eigenvalue weighted by molar-refractivity contribution is 8.01. The van der Waals surface area contributed by atoms with Gasteiger partial charge in [-0.05, 0) is 82.3 Å². The van der Waals surface area contributed by atoms with E-state index in [0.29, 0.717) is 11.4 Å². The lowest BCUT2D eigenvalue weighted by molar-refractivity contribution is -0.115. The SMILES string of the molecule is CCOc1ccccc1NC(=O)[C@H](C)SC12CC3CC(CC(C3)C1)C2. The largest absolute Gasteiger partial charge is 0.492 e. The number of hydrogen-bond acceptors (Lipinski definition) is 3. The maximum absolute atomic E-state index is 12.8. The van der Waals surface area contributed by atoms with Crippen molar-refractivity contribution in [2.75, 3.05) is 11.9 Å². The quantitative estimate of drug-likeness (QED) is 0.766. The Labute approximate surface area is 155 Å². The fraction of sp³-hybridized carbons (Fsp3) is 0.667. The maximum atomic E-state index is 12.8. The molecule has 5 rings (SSSR count). The summed E-state index contributed by atoms with van der Waals surface area (Å²) in [5, 5.41) is 3.07. The van der Waals surface area contributed by atoms with Gasteiger partial charge in [0.05, 0.1) is 17.5 Å². The number of para-hydroxylation sites is 2. The summed E-state index contributed by atoms with van der Waals surface area (Å²) < 4.78 is 6.00. The van der Waals surface area contributed by atoms with Crippen LogP contribution in [0.15, 0.2) is 24.3 Å². The normalized spacial score (nSPS) is 33.9. The monoisotopic (exact) mass is 359 g/mol. The van der Waals surface area contributed by atoms with E-state index in [0.717, 1.165) is 29.2 Å². The van der Waals surface area contributed by atoms with Gasteiger partial charge in [-0.2, -0.15) is 0 Å². The van der Waals surface area contributed by atoms with E-state index in [1.165, 1.54) is 38.5 Å². The minimum Gasteiger partial charge on any atom is -0.492 e. The smallest absolute Gasteiger partial charge is 0.237 e. The van der Waals surface area contributed by atoms with Crippen LogP contribution in [0.3, 0.4) is 0 Å². The number of carbonyl (C=O) groups excluding carboxylic acids is 1. The molecule has 4 fully saturated rings. The van der Waals surface area contributed by atoms with E-state index in [9.17, 15) is 4.79 Å². The predicted molar refractivity (Wildman–Crippen MR) is 104 cm³/mol. The zero-order chi connectivity index (χ0) is 17.4. The molecule has 1 aromatic rings. The number of benzene rings is 1. The molecule has 4 saturated carbocycles. The summed E-state index contributed by atoms with van der Waals surface area (Å²) in [6.07, 6.45) is 8.33. The number of hydrogen-bond donors (Lipinski definition) is 1. The molecule has 4 aliphatic carbocycles. The van der Waals surface area contributed by atoms with Crippen molar-refractivity contribution >= 4 is 23.4 Å². The van der Waals surface area contributed by atoms with E-state index in [-0.39, 0.29) is 11.2 Å². The fourth-order valence-electron chi connectivity index (χ4n) is 5.69. The lowest BCUT2D eigenvalue weighted by Gasteiger charge is -2.57. The molecule has 1 aromatic carbocycles. The molecule has 0 saturated heterocycles. The maximum Gasteiger partial charge on any atom is 0.237 e. The van der Waals surface area contributed by atoms with Crippen LogP contribution in [0.2, 0.25) is 0 Å². The summed E-state index contributed by atoms with van der Waals surface area (Å²) in [5.74, 6) is 3.63. The third-order valence-electron chi connectivity index (χ3n) is 6.22. The van der Waals surface area contributed by atoms with Gasteiger partial charge < -0.3 is 10.1 Å². The molecule has 0 radical (unpaired) electrons. The Balaban J connectivity index is 1.41. The lowest BCUT2D eigenvalue weighted by atomic mass is 9.56. The standard InChI is InChI=1S/C21H29NO2S/c1-3-24-19-7-5-4-6-18(19)22-20(23)14(2)25-21-11-15-8-16(12-21)10-17(9-15)13-21/h4-7,14-17H,3,8-13H2,1-2H3,(H,22,23)/t14-,15?,16?,17?,21?/m0/s1. The number of ether oxygens (including phenoxy) is 1. The lowest BCUT2D eigenvalue weighted by Crippen LogP contribution is -2.49. The van der Waals surface area contributed by atoms with Gasteiger partial charge in [0.15, 0.2) is 0 Å². The van der Waals surface area contributed by atoms with Crippen molar-refractivity contribution < 1.29 is 9.53 Å². The van der Waals surface area contributed by atoms with Crippen molar-refractivity contribution in [1.29, 1.82) is 0 Å². The molecule has 4 aliphatic rings. The summed E-state index contributed by atoms with van der Waals surface area (Å²) in [6, 6.07) is 7.71. The number of thioether (sulfide) groups is 1. The van der Waals surface area contributed by atoms with Crippen LogP contribution in [0, 0.1) is 17.8 Å². The third kappa shape index (κ3) is 3.55. The first kappa shape index (κ1) is 17.3. The van der Waals surface area contributed by atoms with Crippen LogP contribution < -0.4 is 10.1 Å². The van der Waals surface area contributed by atoms with Crippen LogP contribution in [0.25, 0.3) is 0 Å². The van der Waals surface area contributed by atoms with Crippen LogP contribution in [-0.2, 0) is 4.79 Å². The van der Waals surface area contributed by atoms with Gasteiger partial charge in [-0.3, -0.25) is 4.79 Å². The zero-order valence-corrected chi connectivity index (χ0v) is 16.1. The Hall–Kier alpha value is -1.16. The Morgan fingerprint density at radius 1 is 1.20 bits per heavy atom. The molecule has 0 unspecified atom stereocenters. The van der Waals surface area contributed by atoms with Gasteiger partial charge in [0.25, 0.3) is 0 Å². The number of rotatable bonds is 6. The van der Waals surface area contributed by atoms with E-state index < -0.39 is 0 Å². The highest BCUT2D eigenvalue weighted by atomic mass is 32.2. The first-order valence-electron chi connectivity index (χ1n) is 9.77. The fourth-order valence-corrected chi connectivity index (χ4v) is 7.60. The van der Waals surface area contributed by atoms with Crippen LogP contribution >= 0.6 is 11.8 Å². The first-order chi connectivity index (χ1) is 12.1. The molecule has 0 aliphatic heterocycles.